The van der Waals surface area contributed by atoms with Gasteiger partial charge in [0.15, 0.2) is 0 Å². The largest absolute Gasteiger partial charge is 0.466 e. The summed E-state index contributed by atoms with van der Waals surface area (Å²) in [7, 11) is 0. The molecular weight excluding hydrogens is 983 g/mol. The van der Waals surface area contributed by atoms with E-state index in [1.807, 2.05) is 6.08 Å². The second-order valence-electron chi connectivity index (χ2n) is 24.6. The van der Waals surface area contributed by atoms with Gasteiger partial charge in [0.1, 0.15) is 0 Å². The number of esters is 1. The number of hydrogen-bond acceptors (Lipinski definition) is 5. The van der Waals surface area contributed by atoms with Gasteiger partial charge < -0.3 is 20.3 Å². The lowest BCUT2D eigenvalue weighted by Gasteiger charge is -2.20. The summed E-state index contributed by atoms with van der Waals surface area (Å²) in [5.74, 6) is -0.0593. The second-order valence-corrected chi connectivity index (χ2v) is 24.6. The molecule has 0 aromatic rings. The summed E-state index contributed by atoms with van der Waals surface area (Å²) < 4.78 is 5.48. The Hall–Kier alpha value is -2.18. The highest BCUT2D eigenvalue weighted by atomic mass is 16.5. The van der Waals surface area contributed by atoms with E-state index in [9.17, 15) is 19.8 Å². The van der Waals surface area contributed by atoms with Gasteiger partial charge in [0, 0.05) is 12.8 Å². The number of carbonyl (C=O) groups is 2. The van der Waals surface area contributed by atoms with E-state index in [1.54, 1.807) is 6.08 Å². The third-order valence-corrected chi connectivity index (χ3v) is 16.5. The molecule has 0 saturated heterocycles. The normalized spacial score (nSPS) is 12.8. The van der Waals surface area contributed by atoms with E-state index >= 15 is 0 Å². The Kier molecular flexibility index (Phi) is 67.4. The standard InChI is InChI=1S/C74H139NO5/c1-3-5-7-9-11-13-15-17-18-36-39-43-46-50-54-58-62-66-72(77)71(70-76)75-73(78)67-63-59-55-51-47-44-40-37-34-32-30-28-26-24-22-20-19-21-23-25-27-29-31-33-35-38-41-45-49-53-57-61-65-69-80-74(79)68-64-60-56-52-48-42-16-14-12-10-8-6-4-2/h8,10,14,16,23,25,62,66,71-72,76-77H,3-7,9,11-13,15,17-22,24,26-61,63-65,67-70H2,1-2H3,(H,75,78)/b10-8-,16-14-,25-23-,66-62+. The molecule has 2 atom stereocenters. The van der Waals surface area contributed by atoms with Crippen LogP contribution in [0.1, 0.15) is 386 Å². The van der Waals surface area contributed by atoms with E-state index in [2.05, 4.69) is 55.6 Å². The number of hydrogen-bond donors (Lipinski definition) is 3. The molecule has 0 fully saturated rings. The Labute approximate surface area is 499 Å². The maximum Gasteiger partial charge on any atom is 0.305 e. The monoisotopic (exact) mass is 1120 g/mol. The van der Waals surface area contributed by atoms with E-state index < -0.39 is 12.1 Å². The van der Waals surface area contributed by atoms with Crippen LogP contribution in [-0.4, -0.2) is 47.4 Å². The molecule has 0 saturated carbocycles. The third-order valence-electron chi connectivity index (χ3n) is 16.5. The first-order valence-corrected chi connectivity index (χ1v) is 35.9. The number of aliphatic hydroxyl groups excluding tert-OH is 2. The van der Waals surface area contributed by atoms with Crippen LogP contribution >= 0.6 is 0 Å². The summed E-state index contributed by atoms with van der Waals surface area (Å²) >= 11 is 0. The number of aliphatic hydroxyl groups is 2. The Morgan fingerprint density at radius 3 is 1.01 bits per heavy atom. The van der Waals surface area contributed by atoms with Gasteiger partial charge >= 0.3 is 5.97 Å². The first kappa shape index (κ1) is 77.8. The molecule has 0 heterocycles. The predicted octanol–water partition coefficient (Wildman–Crippen LogP) is 23.3. The molecular formula is C74H139NO5. The van der Waals surface area contributed by atoms with Crippen LogP contribution in [0.3, 0.4) is 0 Å². The SMILES string of the molecule is CCC/C=C\C/C=C\CCCCCCCC(=O)OCCCCCCCCCCCCCC/C=C\CCCCCCCCCCCCCCCCCCCC(=O)NC(CO)C(O)/C=C/CCCCCCCCCCCCCCCCC. The van der Waals surface area contributed by atoms with E-state index in [0.29, 0.717) is 19.4 Å². The average molecular weight is 1120 g/mol. The van der Waals surface area contributed by atoms with Crippen molar-refractivity contribution in [3.8, 4) is 0 Å². The van der Waals surface area contributed by atoms with Crippen LogP contribution in [0.5, 0.6) is 0 Å². The molecule has 470 valence electrons. The third kappa shape index (κ3) is 65.0. The summed E-state index contributed by atoms with van der Waals surface area (Å²) in [5, 5.41) is 23.2. The predicted molar refractivity (Wildman–Crippen MR) is 352 cm³/mol. The van der Waals surface area contributed by atoms with Crippen LogP contribution in [0.25, 0.3) is 0 Å². The zero-order valence-corrected chi connectivity index (χ0v) is 53.8. The van der Waals surface area contributed by atoms with Crippen molar-refractivity contribution in [2.45, 2.75) is 398 Å². The highest BCUT2D eigenvalue weighted by Crippen LogP contribution is 2.18. The van der Waals surface area contributed by atoms with Gasteiger partial charge in [-0.25, -0.2) is 0 Å². The summed E-state index contributed by atoms with van der Waals surface area (Å²) in [6.45, 7) is 4.86. The Bertz CT molecular complexity index is 1340. The van der Waals surface area contributed by atoms with Gasteiger partial charge in [-0.1, -0.05) is 339 Å². The van der Waals surface area contributed by atoms with Crippen molar-refractivity contribution in [2.75, 3.05) is 13.2 Å². The summed E-state index contributed by atoms with van der Waals surface area (Å²) in [4.78, 5) is 24.5. The zero-order valence-electron chi connectivity index (χ0n) is 53.8. The number of carbonyl (C=O) groups excluding carboxylic acids is 2. The molecule has 0 spiro atoms. The number of nitrogens with one attached hydrogen (secondary N) is 1. The minimum atomic E-state index is -0.843. The molecule has 0 rings (SSSR count). The van der Waals surface area contributed by atoms with Gasteiger partial charge in [-0.3, -0.25) is 9.59 Å². The minimum Gasteiger partial charge on any atom is -0.466 e. The fourth-order valence-corrected chi connectivity index (χ4v) is 11.1. The quantitative estimate of drug-likeness (QED) is 0.0320. The molecule has 0 aliphatic rings. The smallest absolute Gasteiger partial charge is 0.305 e. The molecule has 0 aromatic heterocycles. The fourth-order valence-electron chi connectivity index (χ4n) is 11.1. The lowest BCUT2D eigenvalue weighted by molar-refractivity contribution is -0.143. The molecule has 1 amide bonds. The molecule has 0 bridgehead atoms. The van der Waals surface area contributed by atoms with E-state index in [-0.39, 0.29) is 18.5 Å². The number of ether oxygens (including phenoxy) is 1. The Balaban J connectivity index is 3.37. The highest BCUT2D eigenvalue weighted by Gasteiger charge is 2.18. The molecule has 0 aliphatic heterocycles. The number of allylic oxidation sites excluding steroid dienone is 7. The molecule has 0 aliphatic carbocycles. The van der Waals surface area contributed by atoms with Gasteiger partial charge in [0.2, 0.25) is 5.91 Å². The first-order chi connectivity index (χ1) is 39.5. The number of amides is 1. The van der Waals surface area contributed by atoms with Crippen LogP contribution < -0.4 is 5.32 Å². The van der Waals surface area contributed by atoms with Gasteiger partial charge in [-0.05, 0) is 83.5 Å². The fraction of sp³-hybridized carbons (Fsp3) is 0.865. The molecule has 6 nitrogen and oxygen atoms in total. The number of rotatable bonds is 67. The van der Waals surface area contributed by atoms with Gasteiger partial charge in [0.25, 0.3) is 0 Å². The zero-order chi connectivity index (χ0) is 57.8. The molecule has 6 heteroatoms. The van der Waals surface area contributed by atoms with Crippen molar-refractivity contribution >= 4 is 11.9 Å². The topological polar surface area (TPSA) is 95.9 Å². The lowest BCUT2D eigenvalue weighted by Crippen LogP contribution is -2.45. The molecule has 3 N–H and O–H groups in total. The first-order valence-electron chi connectivity index (χ1n) is 35.9. The number of unbranched alkanes of at least 4 members (excludes halogenated alkanes) is 50. The second kappa shape index (κ2) is 69.3. The van der Waals surface area contributed by atoms with Crippen LogP contribution in [0.4, 0.5) is 0 Å². The highest BCUT2D eigenvalue weighted by molar-refractivity contribution is 5.76. The summed E-state index contributed by atoms with van der Waals surface area (Å²) in [6.07, 6.45) is 90.6. The molecule has 0 radical (unpaired) electrons. The van der Waals surface area contributed by atoms with Gasteiger partial charge in [0.05, 0.1) is 25.4 Å². The lowest BCUT2D eigenvalue weighted by atomic mass is 10.0. The van der Waals surface area contributed by atoms with Gasteiger partial charge in [-0.15, -0.1) is 0 Å². The maximum absolute atomic E-state index is 12.5. The van der Waals surface area contributed by atoms with E-state index in [1.165, 1.54) is 308 Å². The van der Waals surface area contributed by atoms with Crippen molar-refractivity contribution in [1.82, 2.24) is 5.32 Å². The van der Waals surface area contributed by atoms with Crippen LogP contribution in [0.2, 0.25) is 0 Å². The van der Waals surface area contributed by atoms with Crippen molar-refractivity contribution in [2.24, 2.45) is 0 Å². The molecule has 80 heavy (non-hydrogen) atoms. The van der Waals surface area contributed by atoms with Crippen LogP contribution in [0.15, 0.2) is 48.6 Å². The van der Waals surface area contributed by atoms with E-state index in [4.69, 9.17) is 4.74 Å². The summed E-state index contributed by atoms with van der Waals surface area (Å²) in [5.41, 5.74) is 0. The van der Waals surface area contributed by atoms with Crippen molar-refractivity contribution in [3.05, 3.63) is 48.6 Å². The summed E-state index contributed by atoms with van der Waals surface area (Å²) in [6, 6.07) is -0.626. The Morgan fingerprint density at radius 1 is 0.350 bits per heavy atom. The van der Waals surface area contributed by atoms with Crippen LogP contribution in [-0.2, 0) is 14.3 Å². The van der Waals surface area contributed by atoms with E-state index in [0.717, 1.165) is 51.4 Å². The molecule has 2 unspecified atom stereocenters. The van der Waals surface area contributed by atoms with Crippen molar-refractivity contribution in [3.63, 3.8) is 0 Å². The molecule has 0 aromatic carbocycles. The maximum atomic E-state index is 12.5. The van der Waals surface area contributed by atoms with Crippen molar-refractivity contribution in [1.29, 1.82) is 0 Å². The van der Waals surface area contributed by atoms with Crippen molar-refractivity contribution < 1.29 is 24.5 Å². The van der Waals surface area contributed by atoms with Gasteiger partial charge in [-0.2, -0.15) is 0 Å². The minimum absolute atomic E-state index is 0.00305. The Morgan fingerprint density at radius 2 is 0.650 bits per heavy atom. The average Bonchev–Trinajstić information content (AvgIpc) is 3.46. The van der Waals surface area contributed by atoms with Crippen LogP contribution in [0, 0.1) is 0 Å².